The van der Waals surface area contributed by atoms with Crippen LogP contribution in [0.1, 0.15) is 54.4 Å². The fraction of sp³-hybridized carbons (Fsp3) is 0.500. The van der Waals surface area contributed by atoms with E-state index in [2.05, 4.69) is 38.6 Å². The van der Waals surface area contributed by atoms with Crippen molar-refractivity contribution >= 4 is 34.3 Å². The van der Waals surface area contributed by atoms with E-state index in [1.54, 1.807) is 19.3 Å². The standard InChI is InChI=1S/C9H13O.C7H10N2.2C4H8N2O2.Co/c1-7-5-3-4-6-9(7)8(2)10;1-9(2)7-3-5-8-6-4-7;2*1-3(5-7)4(2)6-8;/h3,7,9H,4,6H2,1-2H3;3-6H,1-2H3;2*7-8H,1-2H3;/q-1;;;;/b;;2*5-3+,6-4+;/t7-,9+;;;;/m0..../s1. The van der Waals surface area contributed by atoms with Crippen molar-refractivity contribution in [2.24, 2.45) is 32.5 Å². The molecule has 1 aliphatic carbocycles. The molecule has 2 atom stereocenters. The van der Waals surface area contributed by atoms with Crippen molar-refractivity contribution in [2.75, 3.05) is 19.0 Å². The maximum absolute atomic E-state index is 11.0. The molecule has 1 aliphatic rings. The van der Waals surface area contributed by atoms with E-state index in [0.29, 0.717) is 34.5 Å². The summed E-state index contributed by atoms with van der Waals surface area (Å²) in [6.07, 6.45) is 10.8. The van der Waals surface area contributed by atoms with Crippen LogP contribution in [0, 0.1) is 17.9 Å². The Balaban J connectivity index is -0.000000402. The van der Waals surface area contributed by atoms with Crippen molar-refractivity contribution in [3.63, 3.8) is 0 Å². The quantitative estimate of drug-likeness (QED) is 0.186. The maximum atomic E-state index is 11.0. The average Bonchev–Trinajstić information content (AvgIpc) is 2.88. The fourth-order valence-electron chi connectivity index (χ4n) is 2.39. The first-order valence-corrected chi connectivity index (χ1v) is 10.9. The number of carbonyl (C=O) groups is 1. The summed E-state index contributed by atoms with van der Waals surface area (Å²) >= 11 is 0. The van der Waals surface area contributed by atoms with E-state index in [4.69, 9.17) is 20.8 Å². The van der Waals surface area contributed by atoms with Crippen LogP contribution in [0.3, 0.4) is 0 Å². The van der Waals surface area contributed by atoms with Gasteiger partial charge in [-0.15, -0.1) is 0 Å². The number of carbonyl (C=O) groups excluding carboxylic acids is 1. The molecular formula is C24H39CoN6O5-. The van der Waals surface area contributed by atoms with Gasteiger partial charge in [-0.05, 0) is 59.1 Å². The van der Waals surface area contributed by atoms with E-state index in [-0.39, 0.29) is 22.7 Å². The minimum atomic E-state index is 0. The first-order chi connectivity index (χ1) is 16.5. The molecule has 0 fully saturated rings. The zero-order valence-electron chi connectivity index (χ0n) is 22.2. The Morgan fingerprint density at radius 1 is 0.889 bits per heavy atom. The Kier molecular flexibility index (Phi) is 23.0. The van der Waals surface area contributed by atoms with Gasteiger partial charge in [0.15, 0.2) is 0 Å². The van der Waals surface area contributed by atoms with Crippen LogP contribution in [-0.4, -0.2) is 68.5 Å². The van der Waals surface area contributed by atoms with Crippen LogP contribution in [0.15, 0.2) is 51.2 Å². The summed E-state index contributed by atoms with van der Waals surface area (Å²) in [5.74, 6) is 0.893. The van der Waals surface area contributed by atoms with E-state index in [1.807, 2.05) is 37.2 Å². The zero-order chi connectivity index (χ0) is 27.4. The molecule has 0 amide bonds. The Hall–Kier alpha value is -3.25. The molecule has 0 bridgehead atoms. The Morgan fingerprint density at radius 3 is 1.50 bits per heavy atom. The SMILES string of the molecule is CC(=N\O)/C(C)=N/O.CC(=N\O)/C(C)=N/O.CC(=O)[C@@H]1CCC=[C-][C@@H]1C.CN(C)c1ccncc1.[Co]. The third-order valence-corrected chi connectivity index (χ3v) is 4.95. The maximum Gasteiger partial charge on any atom is 0.130 e. The van der Waals surface area contributed by atoms with E-state index >= 15 is 0 Å². The van der Waals surface area contributed by atoms with Crippen molar-refractivity contribution in [1.29, 1.82) is 0 Å². The smallest absolute Gasteiger partial charge is 0.130 e. The minimum absolute atomic E-state index is 0. The minimum Gasteiger partial charge on any atom is -0.497 e. The molecule has 11 nitrogen and oxygen atoms in total. The van der Waals surface area contributed by atoms with Gasteiger partial charge in [0.1, 0.15) is 28.6 Å². The van der Waals surface area contributed by atoms with Crippen LogP contribution in [-0.2, 0) is 21.6 Å². The topological polar surface area (TPSA) is 164 Å². The first kappa shape index (κ1) is 37.3. The van der Waals surface area contributed by atoms with Crippen LogP contribution in [0.5, 0.6) is 0 Å². The summed E-state index contributed by atoms with van der Waals surface area (Å²) in [5.41, 5.74) is 2.44. The molecule has 0 saturated carbocycles. The normalized spacial score (nSPS) is 17.6. The first-order valence-electron chi connectivity index (χ1n) is 10.9. The van der Waals surface area contributed by atoms with E-state index in [9.17, 15) is 4.79 Å². The molecule has 2 rings (SSSR count). The molecule has 0 unspecified atom stereocenters. The third-order valence-electron chi connectivity index (χ3n) is 4.95. The molecule has 12 heteroatoms. The number of aromatic nitrogens is 1. The molecule has 205 valence electrons. The molecule has 4 N–H and O–H groups in total. The van der Waals surface area contributed by atoms with Gasteiger partial charge in [0.05, 0.1) is 0 Å². The molecular weight excluding hydrogens is 511 g/mol. The number of Topliss-reactive ketones (excluding diaryl/α,β-unsaturated/α-hetero) is 1. The summed E-state index contributed by atoms with van der Waals surface area (Å²) in [4.78, 5) is 16.9. The molecule has 0 saturated heterocycles. The Labute approximate surface area is 224 Å². The van der Waals surface area contributed by atoms with Gasteiger partial charge in [0.2, 0.25) is 0 Å². The van der Waals surface area contributed by atoms with Gasteiger partial charge in [-0.25, -0.2) is 0 Å². The van der Waals surface area contributed by atoms with Gasteiger partial charge in [-0.3, -0.25) is 15.9 Å². The fourth-order valence-corrected chi connectivity index (χ4v) is 2.39. The molecule has 0 spiro atoms. The average molecular weight is 551 g/mol. The largest absolute Gasteiger partial charge is 0.497 e. The molecule has 36 heavy (non-hydrogen) atoms. The number of rotatable bonds is 4. The number of anilines is 1. The molecule has 1 aromatic rings. The van der Waals surface area contributed by atoms with Gasteiger partial charge in [-0.1, -0.05) is 34.0 Å². The van der Waals surface area contributed by atoms with Crippen LogP contribution in [0.2, 0.25) is 0 Å². The van der Waals surface area contributed by atoms with Crippen LogP contribution < -0.4 is 4.90 Å². The second-order valence-electron chi connectivity index (χ2n) is 7.80. The van der Waals surface area contributed by atoms with Gasteiger partial charge < -0.3 is 31.8 Å². The molecule has 1 heterocycles. The van der Waals surface area contributed by atoms with Crippen molar-refractivity contribution in [2.45, 2.75) is 54.4 Å². The predicted molar refractivity (Wildman–Crippen MR) is 139 cm³/mol. The number of pyridine rings is 1. The molecule has 0 aliphatic heterocycles. The monoisotopic (exact) mass is 550 g/mol. The summed E-state index contributed by atoms with van der Waals surface area (Å²) in [5, 5.41) is 43.3. The van der Waals surface area contributed by atoms with Gasteiger partial charge >= 0.3 is 0 Å². The Morgan fingerprint density at radius 2 is 1.28 bits per heavy atom. The number of nitrogens with zero attached hydrogens (tertiary/aromatic N) is 6. The number of hydrogen-bond acceptors (Lipinski definition) is 11. The summed E-state index contributed by atoms with van der Waals surface area (Å²) < 4.78 is 0. The predicted octanol–water partition coefficient (Wildman–Crippen LogP) is 4.50. The van der Waals surface area contributed by atoms with Crippen LogP contribution >= 0.6 is 0 Å². The van der Waals surface area contributed by atoms with E-state index < -0.39 is 0 Å². The van der Waals surface area contributed by atoms with Crippen molar-refractivity contribution in [3.8, 4) is 0 Å². The van der Waals surface area contributed by atoms with E-state index in [1.165, 1.54) is 33.4 Å². The second-order valence-corrected chi connectivity index (χ2v) is 7.80. The van der Waals surface area contributed by atoms with Crippen molar-refractivity contribution in [1.82, 2.24) is 4.98 Å². The third kappa shape index (κ3) is 17.2. The number of ketones is 1. The van der Waals surface area contributed by atoms with E-state index in [0.717, 1.165) is 12.8 Å². The number of oxime groups is 4. The van der Waals surface area contributed by atoms with Crippen molar-refractivity contribution < 1.29 is 42.4 Å². The number of allylic oxidation sites excluding steroid dienone is 2. The van der Waals surface area contributed by atoms with Crippen LogP contribution in [0.25, 0.3) is 0 Å². The molecule has 0 aromatic carbocycles. The van der Waals surface area contributed by atoms with Gasteiger partial charge in [0.25, 0.3) is 0 Å². The summed E-state index contributed by atoms with van der Waals surface area (Å²) in [7, 11) is 4.02. The van der Waals surface area contributed by atoms with Gasteiger partial charge in [-0.2, -0.15) is 5.92 Å². The Bertz CT molecular complexity index is 822. The van der Waals surface area contributed by atoms with Gasteiger partial charge in [0, 0.05) is 49.0 Å². The zero-order valence-corrected chi connectivity index (χ0v) is 23.2. The number of hydrogen-bond donors (Lipinski definition) is 4. The molecule has 1 radical (unpaired) electrons. The summed E-state index contributed by atoms with van der Waals surface area (Å²) in [6.45, 7) is 9.88. The van der Waals surface area contributed by atoms with Crippen molar-refractivity contribution in [3.05, 3.63) is 36.7 Å². The molecule has 1 aromatic heterocycles. The van der Waals surface area contributed by atoms with Crippen LogP contribution in [0.4, 0.5) is 5.69 Å². The second kappa shape index (κ2) is 22.2. The summed E-state index contributed by atoms with van der Waals surface area (Å²) in [6, 6.07) is 3.94.